The zero-order valence-corrected chi connectivity index (χ0v) is 13.9. The van der Waals surface area contributed by atoms with Crippen LogP contribution in [0.25, 0.3) is 0 Å². The van der Waals surface area contributed by atoms with Crippen molar-refractivity contribution in [3.05, 3.63) is 47.4 Å². The van der Waals surface area contributed by atoms with Crippen LogP contribution >= 0.6 is 0 Å². The molecule has 0 aliphatic heterocycles. The fourth-order valence-corrected chi connectivity index (χ4v) is 2.31. The Bertz CT molecular complexity index is 699. The van der Waals surface area contributed by atoms with Gasteiger partial charge in [0.05, 0.1) is 17.9 Å². The molecule has 128 valence electrons. The maximum atomic E-state index is 14.5. The van der Waals surface area contributed by atoms with Crippen molar-refractivity contribution in [3.63, 3.8) is 0 Å². The number of benzene rings is 1. The lowest BCUT2D eigenvalue weighted by atomic mass is 10.1. The van der Waals surface area contributed by atoms with E-state index in [9.17, 15) is 9.18 Å². The van der Waals surface area contributed by atoms with E-state index in [0.29, 0.717) is 12.2 Å². The molecule has 0 saturated carbocycles. The fraction of sp³-hybridized carbons (Fsp3) is 0.333. The van der Waals surface area contributed by atoms with Crippen molar-refractivity contribution >= 4 is 17.4 Å². The SMILES string of the molecule is CCCCCOc1cccc(NC(=O)c2c(C)ccnc2N)c1F. The minimum Gasteiger partial charge on any atom is -0.490 e. The van der Waals surface area contributed by atoms with E-state index in [2.05, 4.69) is 17.2 Å². The Hall–Kier alpha value is -2.63. The molecule has 5 nitrogen and oxygen atoms in total. The number of nitrogens with two attached hydrogens (primary N) is 1. The molecule has 0 aliphatic rings. The second kappa shape index (κ2) is 8.29. The topological polar surface area (TPSA) is 77.2 Å². The molecular formula is C18H22FN3O2. The van der Waals surface area contributed by atoms with Crippen LogP contribution in [0.1, 0.15) is 42.1 Å². The first-order valence-corrected chi connectivity index (χ1v) is 7.98. The van der Waals surface area contributed by atoms with Crippen LogP contribution in [0.4, 0.5) is 15.9 Å². The summed E-state index contributed by atoms with van der Waals surface area (Å²) in [5.41, 5.74) is 6.71. The van der Waals surface area contributed by atoms with Crippen LogP contribution in [0, 0.1) is 12.7 Å². The van der Waals surface area contributed by atoms with E-state index < -0.39 is 11.7 Å². The number of halogens is 1. The third-order valence-electron chi connectivity index (χ3n) is 3.63. The predicted octanol–water partition coefficient (Wildman–Crippen LogP) is 3.93. The molecule has 0 fully saturated rings. The van der Waals surface area contributed by atoms with Gasteiger partial charge in [-0.05, 0) is 37.1 Å². The largest absolute Gasteiger partial charge is 0.490 e. The van der Waals surface area contributed by atoms with Crippen LogP contribution in [0.5, 0.6) is 5.75 Å². The molecule has 1 aromatic heterocycles. The van der Waals surface area contributed by atoms with Gasteiger partial charge in [0.25, 0.3) is 5.91 Å². The molecule has 0 atom stereocenters. The van der Waals surface area contributed by atoms with Crippen molar-refractivity contribution in [2.45, 2.75) is 33.1 Å². The summed E-state index contributed by atoms with van der Waals surface area (Å²) in [5, 5.41) is 2.54. The van der Waals surface area contributed by atoms with Gasteiger partial charge in [0.2, 0.25) is 0 Å². The third-order valence-corrected chi connectivity index (χ3v) is 3.63. The number of pyridine rings is 1. The number of hydrogen-bond acceptors (Lipinski definition) is 4. The molecule has 0 unspecified atom stereocenters. The first-order valence-electron chi connectivity index (χ1n) is 7.98. The first kappa shape index (κ1) is 17.7. The number of aromatic nitrogens is 1. The van der Waals surface area contributed by atoms with Gasteiger partial charge in [0.15, 0.2) is 11.6 Å². The van der Waals surface area contributed by atoms with Gasteiger partial charge in [0.1, 0.15) is 5.82 Å². The maximum absolute atomic E-state index is 14.5. The summed E-state index contributed by atoms with van der Waals surface area (Å²) in [5.74, 6) is -0.859. The van der Waals surface area contributed by atoms with E-state index in [1.165, 1.54) is 12.3 Å². The lowest BCUT2D eigenvalue weighted by molar-refractivity contribution is 0.102. The molecule has 6 heteroatoms. The molecule has 3 N–H and O–H groups in total. The van der Waals surface area contributed by atoms with Gasteiger partial charge in [0, 0.05) is 6.20 Å². The van der Waals surface area contributed by atoms with E-state index in [0.717, 1.165) is 19.3 Å². The highest BCUT2D eigenvalue weighted by Crippen LogP contribution is 2.26. The molecule has 1 aromatic carbocycles. The summed E-state index contributed by atoms with van der Waals surface area (Å²) in [7, 11) is 0. The number of nitrogen functional groups attached to an aromatic ring is 1. The molecule has 24 heavy (non-hydrogen) atoms. The Labute approximate surface area is 141 Å². The maximum Gasteiger partial charge on any atom is 0.259 e. The highest BCUT2D eigenvalue weighted by molar-refractivity contribution is 6.08. The second-order valence-electron chi connectivity index (χ2n) is 5.52. The lowest BCUT2D eigenvalue weighted by Crippen LogP contribution is -2.17. The van der Waals surface area contributed by atoms with Crippen LogP contribution in [0.2, 0.25) is 0 Å². The van der Waals surface area contributed by atoms with E-state index >= 15 is 0 Å². The van der Waals surface area contributed by atoms with E-state index in [-0.39, 0.29) is 22.8 Å². The summed E-state index contributed by atoms with van der Waals surface area (Å²) in [6.45, 7) is 4.27. The number of nitrogens with zero attached hydrogens (tertiary/aromatic N) is 1. The number of unbranched alkanes of at least 4 members (excludes halogenated alkanes) is 2. The second-order valence-corrected chi connectivity index (χ2v) is 5.52. The summed E-state index contributed by atoms with van der Waals surface area (Å²) >= 11 is 0. The Balaban J connectivity index is 2.14. The van der Waals surface area contributed by atoms with Gasteiger partial charge in [-0.15, -0.1) is 0 Å². The number of anilines is 2. The van der Waals surface area contributed by atoms with Gasteiger partial charge < -0.3 is 15.8 Å². The van der Waals surface area contributed by atoms with Gasteiger partial charge in [-0.2, -0.15) is 0 Å². The van der Waals surface area contributed by atoms with Crippen LogP contribution in [-0.2, 0) is 0 Å². The highest BCUT2D eigenvalue weighted by Gasteiger charge is 2.17. The molecule has 2 aromatic rings. The van der Waals surface area contributed by atoms with Crippen LogP contribution in [0.15, 0.2) is 30.5 Å². The monoisotopic (exact) mass is 331 g/mol. The highest BCUT2D eigenvalue weighted by atomic mass is 19.1. The molecule has 0 aliphatic carbocycles. The summed E-state index contributed by atoms with van der Waals surface area (Å²) in [4.78, 5) is 16.3. The molecule has 1 heterocycles. The van der Waals surface area contributed by atoms with Gasteiger partial charge >= 0.3 is 0 Å². The molecule has 0 spiro atoms. The average molecular weight is 331 g/mol. The molecule has 1 amide bonds. The summed E-state index contributed by atoms with van der Waals surface area (Å²) in [6.07, 6.45) is 4.47. The molecular weight excluding hydrogens is 309 g/mol. The molecule has 2 rings (SSSR count). The predicted molar refractivity (Wildman–Crippen MR) is 92.8 cm³/mol. The summed E-state index contributed by atoms with van der Waals surface area (Å²) < 4.78 is 19.9. The minimum absolute atomic E-state index is 0.0515. The van der Waals surface area contributed by atoms with Crippen molar-refractivity contribution in [3.8, 4) is 5.75 Å². The van der Waals surface area contributed by atoms with E-state index in [1.807, 2.05) is 0 Å². The van der Waals surface area contributed by atoms with Crippen LogP contribution in [0.3, 0.4) is 0 Å². The van der Waals surface area contributed by atoms with Crippen molar-refractivity contribution in [1.82, 2.24) is 4.98 Å². The number of carbonyl (C=O) groups excluding carboxylic acids is 1. The fourth-order valence-electron chi connectivity index (χ4n) is 2.31. The normalized spacial score (nSPS) is 10.5. The Morgan fingerprint density at radius 2 is 2.12 bits per heavy atom. The lowest BCUT2D eigenvalue weighted by Gasteiger charge is -2.12. The van der Waals surface area contributed by atoms with Gasteiger partial charge in [-0.3, -0.25) is 4.79 Å². The first-order chi connectivity index (χ1) is 11.5. The number of ether oxygens (including phenoxy) is 1. The number of hydrogen-bond donors (Lipinski definition) is 2. The van der Waals surface area contributed by atoms with E-state index in [4.69, 9.17) is 10.5 Å². The van der Waals surface area contributed by atoms with Crippen molar-refractivity contribution in [2.24, 2.45) is 0 Å². The van der Waals surface area contributed by atoms with Crippen molar-refractivity contribution in [1.29, 1.82) is 0 Å². The van der Waals surface area contributed by atoms with Crippen LogP contribution < -0.4 is 15.8 Å². The Morgan fingerprint density at radius 3 is 2.83 bits per heavy atom. The molecule has 0 saturated heterocycles. The van der Waals surface area contributed by atoms with Gasteiger partial charge in [-0.1, -0.05) is 25.8 Å². The smallest absolute Gasteiger partial charge is 0.259 e. The number of nitrogens with one attached hydrogen (secondary N) is 1. The zero-order valence-electron chi connectivity index (χ0n) is 13.9. The number of amides is 1. The van der Waals surface area contributed by atoms with Crippen molar-refractivity contribution < 1.29 is 13.9 Å². The van der Waals surface area contributed by atoms with Crippen LogP contribution in [-0.4, -0.2) is 17.5 Å². The number of rotatable bonds is 7. The number of aryl methyl sites for hydroxylation is 1. The third kappa shape index (κ3) is 4.22. The standard InChI is InChI=1S/C18H22FN3O2/c1-3-4-5-11-24-14-8-6-7-13(16(14)19)22-18(23)15-12(2)9-10-21-17(15)20/h6-10H,3-5,11H2,1-2H3,(H2,20,21)(H,22,23). The molecule has 0 bridgehead atoms. The number of carbonyl (C=O) groups is 1. The summed E-state index contributed by atoms with van der Waals surface area (Å²) in [6, 6.07) is 6.33. The average Bonchev–Trinajstić information content (AvgIpc) is 2.54. The van der Waals surface area contributed by atoms with E-state index in [1.54, 1.807) is 25.1 Å². The zero-order chi connectivity index (χ0) is 17.5. The van der Waals surface area contributed by atoms with Crippen molar-refractivity contribution in [2.75, 3.05) is 17.7 Å². The minimum atomic E-state index is -0.595. The molecule has 0 radical (unpaired) electrons. The Morgan fingerprint density at radius 1 is 1.33 bits per heavy atom. The quantitative estimate of drug-likeness (QED) is 0.754. The Kier molecular flexibility index (Phi) is 6.12. The van der Waals surface area contributed by atoms with Gasteiger partial charge in [-0.25, -0.2) is 9.37 Å².